The van der Waals surface area contributed by atoms with Gasteiger partial charge in [0.15, 0.2) is 0 Å². The van der Waals surface area contributed by atoms with Crippen molar-refractivity contribution in [3.63, 3.8) is 0 Å². The number of ether oxygens (including phenoxy) is 1. The molecule has 1 unspecified atom stereocenters. The maximum atomic E-state index is 14.0. The molecule has 0 bridgehead atoms. The van der Waals surface area contributed by atoms with Gasteiger partial charge in [0.25, 0.3) is 10.0 Å². The Hall–Kier alpha value is -3.56. The maximum Gasteiger partial charge on any atom is 0.264 e. The van der Waals surface area contributed by atoms with Crippen molar-refractivity contribution in [3.8, 4) is 5.75 Å². The van der Waals surface area contributed by atoms with Crippen molar-refractivity contribution in [2.24, 2.45) is 0 Å². The third-order valence-corrected chi connectivity index (χ3v) is 8.21. The fourth-order valence-electron chi connectivity index (χ4n) is 4.07. The molecule has 0 radical (unpaired) electrons. The molecule has 0 spiro atoms. The molecule has 2 amide bonds. The van der Waals surface area contributed by atoms with Crippen molar-refractivity contribution in [3.05, 3.63) is 89.4 Å². The zero-order chi connectivity index (χ0) is 28.4. The summed E-state index contributed by atoms with van der Waals surface area (Å²) >= 11 is 6.05. The molecule has 3 aromatic rings. The Morgan fingerprint density at radius 1 is 0.949 bits per heavy atom. The van der Waals surface area contributed by atoms with E-state index in [1.54, 1.807) is 66.7 Å². The lowest BCUT2D eigenvalue weighted by Crippen LogP contribution is -2.52. The van der Waals surface area contributed by atoms with E-state index in [-0.39, 0.29) is 17.3 Å². The second-order valence-electron chi connectivity index (χ2n) is 8.89. The van der Waals surface area contributed by atoms with Gasteiger partial charge in [-0.15, -0.1) is 0 Å². The standard InChI is InChI=1S/C29H34ClN3O5S/c1-4-19-31-29(35)27(5-2)32(20-22-11-13-23(30)14-12-22)28(34)21-33(24-15-17-25(38-3)18-16-24)39(36,37)26-9-7-6-8-10-26/h6-18,27H,4-5,19-21H2,1-3H3,(H,31,35). The first-order valence-corrected chi connectivity index (χ1v) is 14.6. The minimum atomic E-state index is -4.12. The van der Waals surface area contributed by atoms with Crippen molar-refractivity contribution in [1.29, 1.82) is 0 Å². The van der Waals surface area contributed by atoms with E-state index in [0.29, 0.717) is 29.4 Å². The second-order valence-corrected chi connectivity index (χ2v) is 11.2. The Labute approximate surface area is 235 Å². The van der Waals surface area contributed by atoms with Gasteiger partial charge in [-0.25, -0.2) is 8.42 Å². The van der Waals surface area contributed by atoms with Gasteiger partial charge in [0.2, 0.25) is 11.8 Å². The fraction of sp³-hybridized carbons (Fsp3) is 0.310. The van der Waals surface area contributed by atoms with Crippen LogP contribution in [0.25, 0.3) is 0 Å². The Morgan fingerprint density at radius 3 is 2.15 bits per heavy atom. The highest BCUT2D eigenvalue weighted by Crippen LogP contribution is 2.26. The fourth-order valence-corrected chi connectivity index (χ4v) is 5.63. The van der Waals surface area contributed by atoms with E-state index in [9.17, 15) is 18.0 Å². The first-order chi connectivity index (χ1) is 18.7. The van der Waals surface area contributed by atoms with Crippen LogP contribution < -0.4 is 14.4 Å². The Morgan fingerprint density at radius 2 is 1.59 bits per heavy atom. The average Bonchev–Trinajstić information content (AvgIpc) is 2.96. The molecule has 0 aromatic heterocycles. The van der Waals surface area contributed by atoms with Gasteiger partial charge in [0, 0.05) is 18.1 Å². The van der Waals surface area contributed by atoms with Gasteiger partial charge >= 0.3 is 0 Å². The topological polar surface area (TPSA) is 96.0 Å². The maximum absolute atomic E-state index is 14.0. The number of sulfonamides is 1. The van der Waals surface area contributed by atoms with Crippen LogP contribution in [0.4, 0.5) is 5.69 Å². The van der Waals surface area contributed by atoms with Crippen molar-refractivity contribution in [2.75, 3.05) is 24.5 Å². The van der Waals surface area contributed by atoms with Crippen molar-refractivity contribution in [1.82, 2.24) is 10.2 Å². The van der Waals surface area contributed by atoms with Crippen LogP contribution in [0.2, 0.25) is 5.02 Å². The summed E-state index contributed by atoms with van der Waals surface area (Å²) in [4.78, 5) is 28.5. The molecule has 1 atom stereocenters. The molecule has 0 aliphatic carbocycles. The lowest BCUT2D eigenvalue weighted by Gasteiger charge is -2.33. The van der Waals surface area contributed by atoms with Crippen LogP contribution in [0, 0.1) is 0 Å². The summed E-state index contributed by atoms with van der Waals surface area (Å²) in [7, 11) is -2.61. The summed E-state index contributed by atoms with van der Waals surface area (Å²) < 4.78 is 33.9. The minimum Gasteiger partial charge on any atom is -0.497 e. The number of benzene rings is 3. The van der Waals surface area contributed by atoms with Gasteiger partial charge in [-0.3, -0.25) is 13.9 Å². The number of hydrogen-bond donors (Lipinski definition) is 1. The smallest absolute Gasteiger partial charge is 0.264 e. The lowest BCUT2D eigenvalue weighted by molar-refractivity contribution is -0.140. The van der Waals surface area contributed by atoms with Crippen molar-refractivity contribution >= 4 is 39.1 Å². The molecule has 3 rings (SSSR count). The molecule has 0 fully saturated rings. The van der Waals surface area contributed by atoms with Gasteiger partial charge in [0.1, 0.15) is 18.3 Å². The molecule has 208 valence electrons. The van der Waals surface area contributed by atoms with Gasteiger partial charge < -0.3 is 15.0 Å². The molecule has 0 saturated carbocycles. The molecule has 0 heterocycles. The Bertz CT molecular complexity index is 1330. The zero-order valence-corrected chi connectivity index (χ0v) is 23.9. The first-order valence-electron chi connectivity index (χ1n) is 12.7. The molecular weight excluding hydrogens is 538 g/mol. The normalized spacial score (nSPS) is 11.9. The van der Waals surface area contributed by atoms with Crippen LogP contribution in [0.15, 0.2) is 83.8 Å². The van der Waals surface area contributed by atoms with Crippen LogP contribution in [0.5, 0.6) is 5.75 Å². The predicted molar refractivity (Wildman–Crippen MR) is 153 cm³/mol. The molecule has 39 heavy (non-hydrogen) atoms. The highest BCUT2D eigenvalue weighted by Gasteiger charge is 2.33. The van der Waals surface area contributed by atoms with Crippen LogP contribution >= 0.6 is 11.6 Å². The van der Waals surface area contributed by atoms with Crippen LogP contribution in [-0.4, -0.2) is 51.4 Å². The Kier molecular flexibility index (Phi) is 10.8. The largest absolute Gasteiger partial charge is 0.497 e. The van der Waals surface area contributed by atoms with E-state index < -0.39 is 28.5 Å². The average molecular weight is 572 g/mol. The van der Waals surface area contributed by atoms with Gasteiger partial charge in [-0.05, 0) is 66.9 Å². The third-order valence-electron chi connectivity index (χ3n) is 6.17. The Balaban J connectivity index is 2.03. The molecule has 8 nitrogen and oxygen atoms in total. The van der Waals surface area contributed by atoms with Crippen LogP contribution in [0.1, 0.15) is 32.3 Å². The molecule has 0 saturated heterocycles. The number of amides is 2. The second kappa shape index (κ2) is 14.0. The number of carbonyl (C=O) groups excluding carboxylic acids is 2. The summed E-state index contributed by atoms with van der Waals surface area (Å²) in [5, 5.41) is 3.41. The summed E-state index contributed by atoms with van der Waals surface area (Å²) in [5.41, 5.74) is 1.05. The number of nitrogens with zero attached hydrogens (tertiary/aromatic N) is 2. The van der Waals surface area contributed by atoms with E-state index in [1.807, 2.05) is 13.8 Å². The zero-order valence-electron chi connectivity index (χ0n) is 22.3. The SMILES string of the molecule is CCCNC(=O)C(CC)N(Cc1ccc(Cl)cc1)C(=O)CN(c1ccc(OC)cc1)S(=O)(=O)c1ccccc1. The number of hydrogen-bond acceptors (Lipinski definition) is 5. The lowest BCUT2D eigenvalue weighted by atomic mass is 10.1. The molecule has 0 aliphatic rings. The first kappa shape index (κ1) is 30.0. The third kappa shape index (κ3) is 7.74. The molecule has 1 N–H and O–H groups in total. The van der Waals surface area contributed by atoms with E-state index in [1.165, 1.54) is 24.1 Å². The summed E-state index contributed by atoms with van der Waals surface area (Å²) in [6.45, 7) is 3.84. The predicted octanol–water partition coefficient (Wildman–Crippen LogP) is 4.88. The molecule has 0 aliphatic heterocycles. The van der Waals surface area contributed by atoms with Gasteiger partial charge in [-0.2, -0.15) is 0 Å². The summed E-state index contributed by atoms with van der Waals surface area (Å²) in [5.74, 6) is -0.257. The van der Waals surface area contributed by atoms with Crippen molar-refractivity contribution in [2.45, 2.75) is 44.2 Å². The number of nitrogens with one attached hydrogen (secondary N) is 1. The quantitative estimate of drug-likeness (QED) is 0.315. The number of rotatable bonds is 13. The molecule has 10 heteroatoms. The highest BCUT2D eigenvalue weighted by molar-refractivity contribution is 7.92. The molecular formula is C29H34ClN3O5S. The van der Waals surface area contributed by atoms with E-state index in [4.69, 9.17) is 16.3 Å². The monoisotopic (exact) mass is 571 g/mol. The van der Waals surface area contributed by atoms with E-state index >= 15 is 0 Å². The highest BCUT2D eigenvalue weighted by atomic mass is 35.5. The number of anilines is 1. The minimum absolute atomic E-state index is 0.0469. The summed E-state index contributed by atoms with van der Waals surface area (Å²) in [6.07, 6.45) is 1.09. The van der Waals surface area contributed by atoms with E-state index in [2.05, 4.69) is 5.32 Å². The number of carbonyl (C=O) groups is 2. The van der Waals surface area contributed by atoms with Crippen molar-refractivity contribution < 1.29 is 22.7 Å². The van der Waals surface area contributed by atoms with Crippen LogP contribution in [-0.2, 0) is 26.2 Å². The number of methoxy groups -OCH3 is 1. The summed E-state index contributed by atoms with van der Waals surface area (Å²) in [6, 6.07) is 20.5. The van der Waals surface area contributed by atoms with Gasteiger partial charge in [-0.1, -0.05) is 55.8 Å². The van der Waals surface area contributed by atoms with E-state index in [0.717, 1.165) is 16.3 Å². The number of halogens is 1. The molecule has 3 aromatic carbocycles. The van der Waals surface area contributed by atoms with Crippen LogP contribution in [0.3, 0.4) is 0 Å². The van der Waals surface area contributed by atoms with Gasteiger partial charge in [0.05, 0.1) is 17.7 Å².